The number of terminal acetylenes is 1. The van der Waals surface area contributed by atoms with E-state index in [1.165, 1.54) is 28.8 Å². The van der Waals surface area contributed by atoms with Crippen molar-refractivity contribution in [3.63, 3.8) is 0 Å². The van der Waals surface area contributed by atoms with Gasteiger partial charge >= 0.3 is 11.9 Å². The quantitative estimate of drug-likeness (QED) is 0.407. The summed E-state index contributed by atoms with van der Waals surface area (Å²) in [7, 11) is 0. The Hall–Kier alpha value is -4.19. The van der Waals surface area contributed by atoms with Crippen LogP contribution in [0, 0.1) is 30.5 Å². The van der Waals surface area contributed by atoms with Crippen LogP contribution in [-0.2, 0) is 22.8 Å². The fourth-order valence-electron chi connectivity index (χ4n) is 3.38. The molecule has 0 aliphatic carbocycles. The first-order chi connectivity index (χ1) is 16.4. The third-order valence-electron chi connectivity index (χ3n) is 5.37. The maximum atomic E-state index is 15.0. The Morgan fingerprint density at radius 2 is 1.89 bits per heavy atom. The standard InChI is InChI=1S/C26H26FN3O5/c1-6-11-29(19-9-7-17(8-10-19)24(32)33)14-18-12-20-22(13-21(18)27)28-16(2)30(23(20)31)15-35-25(34)26(3,4)5/h1,7-10,12-13H,11,14-15H2,2-5H3,(H,32,33). The predicted molar refractivity (Wildman–Crippen MR) is 130 cm³/mol. The lowest BCUT2D eigenvalue weighted by atomic mass is 9.98. The Balaban J connectivity index is 1.98. The van der Waals surface area contributed by atoms with Gasteiger partial charge in [-0.05, 0) is 58.0 Å². The van der Waals surface area contributed by atoms with Gasteiger partial charge in [0.1, 0.15) is 11.6 Å². The number of carboxylic acids is 1. The number of benzene rings is 2. The number of anilines is 1. The van der Waals surface area contributed by atoms with Crippen molar-refractivity contribution in [2.45, 2.75) is 41.0 Å². The van der Waals surface area contributed by atoms with Gasteiger partial charge in [0.15, 0.2) is 6.73 Å². The van der Waals surface area contributed by atoms with Crippen molar-refractivity contribution in [2.24, 2.45) is 5.41 Å². The predicted octanol–water partition coefficient (Wildman–Crippen LogP) is 3.73. The van der Waals surface area contributed by atoms with Gasteiger partial charge in [-0.25, -0.2) is 14.2 Å². The van der Waals surface area contributed by atoms with E-state index in [-0.39, 0.29) is 47.7 Å². The van der Waals surface area contributed by atoms with Crippen LogP contribution >= 0.6 is 0 Å². The van der Waals surface area contributed by atoms with Gasteiger partial charge in [-0.3, -0.25) is 14.2 Å². The molecule has 0 radical (unpaired) electrons. The van der Waals surface area contributed by atoms with Crippen molar-refractivity contribution in [1.29, 1.82) is 0 Å². The maximum absolute atomic E-state index is 15.0. The third kappa shape index (κ3) is 5.66. The van der Waals surface area contributed by atoms with Crippen LogP contribution in [-0.4, -0.2) is 33.1 Å². The number of aryl methyl sites for hydroxylation is 1. The number of fused-ring (bicyclic) bond motifs is 1. The normalized spacial score (nSPS) is 11.2. The molecule has 8 nitrogen and oxygen atoms in total. The van der Waals surface area contributed by atoms with Crippen molar-refractivity contribution in [3.05, 3.63) is 69.5 Å². The minimum absolute atomic E-state index is 0.0325. The number of esters is 1. The molecule has 1 heterocycles. The highest BCUT2D eigenvalue weighted by molar-refractivity contribution is 5.88. The largest absolute Gasteiger partial charge is 0.478 e. The summed E-state index contributed by atoms with van der Waals surface area (Å²) in [6, 6.07) is 8.63. The van der Waals surface area contributed by atoms with Gasteiger partial charge in [-0.1, -0.05) is 5.92 Å². The van der Waals surface area contributed by atoms with Crippen molar-refractivity contribution >= 4 is 28.5 Å². The second-order valence-corrected chi connectivity index (χ2v) is 9.08. The monoisotopic (exact) mass is 479 g/mol. The smallest absolute Gasteiger partial charge is 0.335 e. The molecule has 0 atom stereocenters. The van der Waals surface area contributed by atoms with E-state index < -0.39 is 28.7 Å². The minimum atomic E-state index is -1.06. The Labute approximate surface area is 202 Å². The molecule has 35 heavy (non-hydrogen) atoms. The molecule has 0 saturated heterocycles. The summed E-state index contributed by atoms with van der Waals surface area (Å²) in [5.41, 5.74) is -0.106. The second-order valence-electron chi connectivity index (χ2n) is 9.08. The summed E-state index contributed by atoms with van der Waals surface area (Å²) in [6.45, 7) is 6.54. The molecule has 9 heteroatoms. The lowest BCUT2D eigenvalue weighted by Crippen LogP contribution is -2.30. The number of aromatic carboxylic acids is 1. The number of carbonyl (C=O) groups is 2. The SMILES string of the molecule is C#CCN(Cc1cc2c(=O)n(COC(=O)C(C)(C)C)c(C)nc2cc1F)c1ccc(C(=O)O)cc1. The molecule has 0 amide bonds. The number of halogens is 1. The highest BCUT2D eigenvalue weighted by Crippen LogP contribution is 2.22. The first kappa shape index (κ1) is 25.4. The molecule has 182 valence electrons. The van der Waals surface area contributed by atoms with Crippen LogP contribution in [0.1, 0.15) is 42.5 Å². The highest BCUT2D eigenvalue weighted by Gasteiger charge is 2.24. The van der Waals surface area contributed by atoms with Crippen LogP contribution in [0.2, 0.25) is 0 Å². The van der Waals surface area contributed by atoms with Crippen LogP contribution in [0.15, 0.2) is 41.2 Å². The number of nitrogens with zero attached hydrogens (tertiary/aromatic N) is 3. The van der Waals surface area contributed by atoms with Gasteiger partial charge < -0.3 is 14.7 Å². The molecule has 3 rings (SSSR count). The summed E-state index contributed by atoms with van der Waals surface area (Å²) in [5, 5.41) is 9.27. The van der Waals surface area contributed by atoms with E-state index >= 15 is 0 Å². The van der Waals surface area contributed by atoms with E-state index in [9.17, 15) is 18.8 Å². The average molecular weight is 480 g/mol. The Bertz CT molecular complexity index is 1380. The van der Waals surface area contributed by atoms with Crippen LogP contribution < -0.4 is 10.5 Å². The van der Waals surface area contributed by atoms with Crippen molar-refractivity contribution in [1.82, 2.24) is 9.55 Å². The molecule has 0 aliphatic rings. The van der Waals surface area contributed by atoms with E-state index in [1.807, 2.05) is 0 Å². The number of hydrogen-bond donors (Lipinski definition) is 1. The van der Waals surface area contributed by atoms with Gasteiger partial charge in [0, 0.05) is 23.9 Å². The van der Waals surface area contributed by atoms with Gasteiger partial charge in [-0.15, -0.1) is 6.42 Å². The number of aromatic nitrogens is 2. The van der Waals surface area contributed by atoms with Crippen molar-refractivity contribution in [2.75, 3.05) is 11.4 Å². The molecule has 0 saturated carbocycles. The second kappa shape index (κ2) is 9.97. The third-order valence-corrected chi connectivity index (χ3v) is 5.37. The van der Waals surface area contributed by atoms with Gasteiger partial charge in [0.2, 0.25) is 0 Å². The zero-order valence-electron chi connectivity index (χ0n) is 20.0. The number of carbonyl (C=O) groups excluding carboxylic acids is 1. The summed E-state index contributed by atoms with van der Waals surface area (Å²) >= 11 is 0. The molecule has 2 aromatic carbocycles. The first-order valence-corrected chi connectivity index (χ1v) is 10.8. The van der Waals surface area contributed by atoms with Crippen LogP contribution in [0.4, 0.5) is 10.1 Å². The summed E-state index contributed by atoms with van der Waals surface area (Å²) in [6.07, 6.45) is 5.49. The maximum Gasteiger partial charge on any atom is 0.335 e. The van der Waals surface area contributed by atoms with Gasteiger partial charge in [0.05, 0.1) is 28.4 Å². The Morgan fingerprint density at radius 3 is 2.46 bits per heavy atom. The highest BCUT2D eigenvalue weighted by atomic mass is 19.1. The Morgan fingerprint density at radius 1 is 1.23 bits per heavy atom. The molecular formula is C26H26FN3O5. The fraction of sp³-hybridized carbons (Fsp3) is 0.308. The van der Waals surface area contributed by atoms with Crippen LogP contribution in [0.5, 0.6) is 0 Å². The molecule has 0 bridgehead atoms. The lowest BCUT2D eigenvalue weighted by molar-refractivity contribution is -0.157. The molecule has 1 aromatic heterocycles. The zero-order chi connectivity index (χ0) is 25.9. The number of hydrogen-bond acceptors (Lipinski definition) is 6. The van der Waals surface area contributed by atoms with E-state index in [1.54, 1.807) is 44.7 Å². The summed E-state index contributed by atoms with van der Waals surface area (Å²) < 4.78 is 21.5. The van der Waals surface area contributed by atoms with E-state index in [0.717, 1.165) is 0 Å². The summed E-state index contributed by atoms with van der Waals surface area (Å²) in [5.74, 6) is 0.693. The first-order valence-electron chi connectivity index (χ1n) is 10.8. The summed E-state index contributed by atoms with van der Waals surface area (Å²) in [4.78, 5) is 42.4. The molecule has 0 unspecified atom stereocenters. The van der Waals surface area contributed by atoms with Crippen LogP contribution in [0.3, 0.4) is 0 Å². The topological polar surface area (TPSA) is 102 Å². The zero-order valence-corrected chi connectivity index (χ0v) is 20.0. The molecule has 0 fully saturated rings. The van der Waals surface area contributed by atoms with E-state index in [2.05, 4.69) is 10.9 Å². The molecular weight excluding hydrogens is 453 g/mol. The molecule has 0 aliphatic heterocycles. The number of carboxylic acid groups (broad SMARTS) is 1. The van der Waals surface area contributed by atoms with Crippen LogP contribution in [0.25, 0.3) is 10.9 Å². The number of rotatable bonds is 7. The van der Waals surface area contributed by atoms with E-state index in [0.29, 0.717) is 5.69 Å². The van der Waals surface area contributed by atoms with Crippen molar-refractivity contribution in [3.8, 4) is 12.3 Å². The van der Waals surface area contributed by atoms with Crippen molar-refractivity contribution < 1.29 is 23.8 Å². The van der Waals surface area contributed by atoms with E-state index in [4.69, 9.17) is 16.3 Å². The Kier molecular flexibility index (Phi) is 7.25. The van der Waals surface area contributed by atoms with Gasteiger partial charge in [0.25, 0.3) is 5.56 Å². The molecule has 1 N–H and O–H groups in total. The average Bonchev–Trinajstić information content (AvgIpc) is 2.78. The fourth-order valence-corrected chi connectivity index (χ4v) is 3.38. The van der Waals surface area contributed by atoms with Gasteiger partial charge in [-0.2, -0.15) is 0 Å². The minimum Gasteiger partial charge on any atom is -0.478 e. The molecule has 3 aromatic rings. The lowest BCUT2D eigenvalue weighted by Gasteiger charge is -2.23. The molecule has 0 spiro atoms. The number of ether oxygens (including phenoxy) is 1.